The first-order valence-electron chi connectivity index (χ1n) is 7.59. The molecule has 3 rings (SSSR count). The van der Waals surface area contributed by atoms with Crippen LogP contribution in [0.2, 0.25) is 5.02 Å². The molecule has 2 amide bonds. The highest BCUT2D eigenvalue weighted by atomic mass is 35.5. The summed E-state index contributed by atoms with van der Waals surface area (Å²) in [5.41, 5.74) is 0.772. The first kappa shape index (κ1) is 16.1. The molecule has 0 unspecified atom stereocenters. The summed E-state index contributed by atoms with van der Waals surface area (Å²) in [6.07, 6.45) is 6.54. The molecule has 1 saturated carbocycles. The highest BCUT2D eigenvalue weighted by Crippen LogP contribution is 2.27. The molecule has 23 heavy (non-hydrogen) atoms. The van der Waals surface area contributed by atoms with Gasteiger partial charge in [-0.05, 0) is 42.8 Å². The van der Waals surface area contributed by atoms with Crippen LogP contribution in [0.15, 0.2) is 29.4 Å². The van der Waals surface area contributed by atoms with Gasteiger partial charge in [0.15, 0.2) is 0 Å². The first-order chi connectivity index (χ1) is 11.1. The molecule has 2 fully saturated rings. The summed E-state index contributed by atoms with van der Waals surface area (Å²) in [7, 11) is 0. The van der Waals surface area contributed by atoms with Gasteiger partial charge < -0.3 is 0 Å². The lowest BCUT2D eigenvalue weighted by Crippen LogP contribution is -2.41. The molecule has 0 atom stereocenters. The van der Waals surface area contributed by atoms with Crippen molar-refractivity contribution in [2.24, 2.45) is 5.10 Å². The van der Waals surface area contributed by atoms with Crippen molar-refractivity contribution < 1.29 is 9.59 Å². The number of amides is 2. The molecule has 0 radical (unpaired) electrons. The summed E-state index contributed by atoms with van der Waals surface area (Å²) in [6.45, 7) is 0. The molecule has 0 spiro atoms. The number of halogens is 1. The molecule has 1 heterocycles. The number of hydrogen-bond acceptors (Lipinski definition) is 4. The van der Waals surface area contributed by atoms with E-state index in [9.17, 15) is 9.59 Å². The molecule has 1 aliphatic carbocycles. The molecule has 120 valence electrons. The predicted molar refractivity (Wildman–Crippen MR) is 92.2 cm³/mol. The Labute approximate surface area is 144 Å². The molecular weight excluding hydrogens is 334 g/mol. The SMILES string of the molecule is O=C1C(=O)N(C2CCCCC2)C(=S)N1/N=C/c1ccc(Cl)cc1. The fraction of sp³-hybridized carbons (Fsp3) is 0.375. The predicted octanol–water partition coefficient (Wildman–Crippen LogP) is 2.96. The third-order valence-corrected chi connectivity index (χ3v) is 4.74. The van der Waals surface area contributed by atoms with Crippen LogP contribution in [0.3, 0.4) is 0 Å². The number of hydrazone groups is 1. The van der Waals surface area contributed by atoms with Gasteiger partial charge in [-0.3, -0.25) is 14.5 Å². The lowest BCUT2D eigenvalue weighted by Gasteiger charge is -2.29. The van der Waals surface area contributed by atoms with E-state index in [1.165, 1.54) is 11.1 Å². The van der Waals surface area contributed by atoms with Gasteiger partial charge in [0.05, 0.1) is 6.21 Å². The van der Waals surface area contributed by atoms with E-state index >= 15 is 0 Å². The smallest absolute Gasteiger partial charge is 0.276 e. The third kappa shape index (κ3) is 3.28. The minimum Gasteiger partial charge on any atom is -0.276 e. The average molecular weight is 350 g/mol. The zero-order chi connectivity index (χ0) is 16.4. The van der Waals surface area contributed by atoms with Gasteiger partial charge in [-0.1, -0.05) is 43.0 Å². The third-order valence-electron chi connectivity index (χ3n) is 4.11. The summed E-state index contributed by atoms with van der Waals surface area (Å²) in [5.74, 6) is -1.26. The number of rotatable bonds is 3. The van der Waals surface area contributed by atoms with E-state index in [-0.39, 0.29) is 11.2 Å². The largest absolute Gasteiger partial charge is 0.339 e. The van der Waals surface area contributed by atoms with Crippen molar-refractivity contribution in [3.8, 4) is 0 Å². The highest BCUT2D eigenvalue weighted by Gasteiger charge is 2.45. The Hall–Kier alpha value is -1.79. The van der Waals surface area contributed by atoms with E-state index < -0.39 is 11.8 Å². The van der Waals surface area contributed by atoms with Crippen molar-refractivity contribution in [3.05, 3.63) is 34.9 Å². The summed E-state index contributed by atoms with van der Waals surface area (Å²) >= 11 is 11.1. The van der Waals surface area contributed by atoms with Crippen LogP contribution in [0.1, 0.15) is 37.7 Å². The molecule has 5 nitrogen and oxygen atoms in total. The van der Waals surface area contributed by atoms with Gasteiger partial charge in [-0.25, -0.2) is 0 Å². The summed E-state index contributed by atoms with van der Waals surface area (Å²) in [5, 5.41) is 5.90. The van der Waals surface area contributed by atoms with E-state index in [4.69, 9.17) is 23.8 Å². The second-order valence-electron chi connectivity index (χ2n) is 5.66. The van der Waals surface area contributed by atoms with Crippen LogP contribution < -0.4 is 0 Å². The van der Waals surface area contributed by atoms with Crippen LogP contribution in [0.4, 0.5) is 0 Å². The Kier molecular flexibility index (Phi) is 4.73. The van der Waals surface area contributed by atoms with E-state index in [1.807, 2.05) is 0 Å². The molecule has 1 aromatic rings. The Bertz CT molecular complexity index is 668. The molecule has 1 saturated heterocycles. The number of hydrogen-bond donors (Lipinski definition) is 0. The number of thiocarbonyl (C=S) groups is 1. The number of nitrogens with zero attached hydrogens (tertiary/aromatic N) is 3. The second kappa shape index (κ2) is 6.76. The lowest BCUT2D eigenvalue weighted by atomic mass is 9.94. The lowest BCUT2D eigenvalue weighted by molar-refractivity contribution is -0.144. The maximum absolute atomic E-state index is 12.2. The van der Waals surface area contributed by atoms with Crippen molar-refractivity contribution in [2.75, 3.05) is 0 Å². The Balaban J connectivity index is 1.77. The fourth-order valence-corrected chi connectivity index (χ4v) is 3.39. The summed E-state index contributed by atoms with van der Waals surface area (Å²) in [6, 6.07) is 7.02. The Morgan fingerprint density at radius 2 is 1.74 bits per heavy atom. The molecule has 2 aliphatic rings. The molecule has 1 aromatic carbocycles. The van der Waals surface area contributed by atoms with E-state index in [1.54, 1.807) is 24.3 Å². The van der Waals surface area contributed by atoms with Crippen LogP contribution in [0.25, 0.3) is 0 Å². The molecule has 0 N–H and O–H groups in total. The fourth-order valence-electron chi connectivity index (χ4n) is 2.91. The Morgan fingerprint density at radius 3 is 2.39 bits per heavy atom. The van der Waals surface area contributed by atoms with Crippen molar-refractivity contribution in [1.29, 1.82) is 0 Å². The second-order valence-corrected chi connectivity index (χ2v) is 6.46. The van der Waals surface area contributed by atoms with Crippen molar-refractivity contribution in [1.82, 2.24) is 9.91 Å². The first-order valence-corrected chi connectivity index (χ1v) is 8.37. The average Bonchev–Trinajstić information content (AvgIpc) is 2.78. The van der Waals surface area contributed by atoms with Crippen LogP contribution in [0.5, 0.6) is 0 Å². The van der Waals surface area contributed by atoms with Crippen LogP contribution in [0, 0.1) is 0 Å². The van der Waals surface area contributed by atoms with Gasteiger partial charge in [0, 0.05) is 11.1 Å². The molecule has 7 heteroatoms. The van der Waals surface area contributed by atoms with Crippen LogP contribution >= 0.6 is 23.8 Å². The zero-order valence-corrected chi connectivity index (χ0v) is 14.0. The summed E-state index contributed by atoms with van der Waals surface area (Å²) < 4.78 is 0. The molecule has 0 bridgehead atoms. The van der Waals surface area contributed by atoms with E-state index in [2.05, 4.69) is 5.10 Å². The van der Waals surface area contributed by atoms with E-state index in [0.717, 1.165) is 42.7 Å². The van der Waals surface area contributed by atoms with Crippen LogP contribution in [-0.4, -0.2) is 39.1 Å². The van der Waals surface area contributed by atoms with E-state index in [0.29, 0.717) is 5.02 Å². The van der Waals surface area contributed by atoms with Gasteiger partial charge in [0.1, 0.15) is 0 Å². The molecule has 0 aromatic heterocycles. The monoisotopic (exact) mass is 349 g/mol. The van der Waals surface area contributed by atoms with Crippen LogP contribution in [-0.2, 0) is 9.59 Å². The van der Waals surface area contributed by atoms with Gasteiger partial charge in [0.25, 0.3) is 0 Å². The zero-order valence-electron chi connectivity index (χ0n) is 12.4. The summed E-state index contributed by atoms with van der Waals surface area (Å²) in [4.78, 5) is 25.8. The van der Waals surface area contributed by atoms with Crippen molar-refractivity contribution in [2.45, 2.75) is 38.1 Å². The maximum atomic E-state index is 12.2. The minimum atomic E-state index is -0.689. The number of carbonyl (C=O) groups excluding carboxylic acids is 2. The van der Waals surface area contributed by atoms with Gasteiger partial charge >= 0.3 is 11.8 Å². The molecular formula is C16H16ClN3O2S. The quantitative estimate of drug-likeness (QED) is 0.479. The molecule has 1 aliphatic heterocycles. The van der Waals surface area contributed by atoms with Crippen molar-refractivity contribution >= 4 is 47.0 Å². The van der Waals surface area contributed by atoms with Gasteiger partial charge in [0.2, 0.25) is 5.11 Å². The van der Waals surface area contributed by atoms with Gasteiger partial charge in [-0.15, -0.1) is 0 Å². The van der Waals surface area contributed by atoms with Crippen molar-refractivity contribution in [3.63, 3.8) is 0 Å². The Morgan fingerprint density at radius 1 is 1.09 bits per heavy atom. The topological polar surface area (TPSA) is 53.0 Å². The normalized spacial score (nSPS) is 20.1. The number of benzene rings is 1. The maximum Gasteiger partial charge on any atom is 0.339 e. The van der Waals surface area contributed by atoms with Gasteiger partial charge in [-0.2, -0.15) is 10.1 Å². The highest BCUT2D eigenvalue weighted by molar-refractivity contribution is 7.80. The minimum absolute atomic E-state index is 0.0171. The standard InChI is InChI=1S/C16H16ClN3O2S/c17-12-8-6-11(7-9-12)10-18-20-15(22)14(21)19(16(20)23)13-4-2-1-3-5-13/h6-10,13H,1-5H2/b18-10+. The number of carbonyl (C=O) groups is 2.